The topological polar surface area (TPSA) is 67.6 Å². The SMILES string of the molecule is Cn1c(SCCCCC#N)nnc1-c1ccco1. The Balaban J connectivity index is 1.93. The molecule has 5 nitrogen and oxygen atoms in total. The van der Waals surface area contributed by atoms with E-state index in [9.17, 15) is 0 Å². The Bertz CT molecular complexity index is 527. The summed E-state index contributed by atoms with van der Waals surface area (Å²) in [6, 6.07) is 5.84. The van der Waals surface area contributed by atoms with Crippen molar-refractivity contribution in [3.63, 3.8) is 0 Å². The average Bonchev–Trinajstić information content (AvgIpc) is 2.99. The Morgan fingerprint density at radius 2 is 2.33 bits per heavy atom. The molecule has 0 atom stereocenters. The van der Waals surface area contributed by atoms with Gasteiger partial charge in [0.2, 0.25) is 0 Å². The van der Waals surface area contributed by atoms with E-state index in [0.717, 1.165) is 35.3 Å². The molecule has 2 aromatic heterocycles. The van der Waals surface area contributed by atoms with Crippen molar-refractivity contribution in [2.24, 2.45) is 7.05 Å². The minimum absolute atomic E-state index is 0.622. The largest absolute Gasteiger partial charge is 0.461 e. The molecule has 0 radical (unpaired) electrons. The average molecular weight is 262 g/mol. The second kappa shape index (κ2) is 6.26. The van der Waals surface area contributed by atoms with Gasteiger partial charge in [-0.3, -0.25) is 0 Å². The number of nitrogens with zero attached hydrogens (tertiary/aromatic N) is 4. The van der Waals surface area contributed by atoms with E-state index in [0.29, 0.717) is 6.42 Å². The lowest BCUT2D eigenvalue weighted by Gasteiger charge is -2.01. The van der Waals surface area contributed by atoms with E-state index in [2.05, 4.69) is 16.3 Å². The van der Waals surface area contributed by atoms with Crippen LogP contribution in [-0.4, -0.2) is 20.5 Å². The number of hydrogen-bond acceptors (Lipinski definition) is 5. The first kappa shape index (κ1) is 12.7. The summed E-state index contributed by atoms with van der Waals surface area (Å²) in [6.45, 7) is 0. The van der Waals surface area contributed by atoms with Crippen molar-refractivity contribution in [3.05, 3.63) is 18.4 Å². The third-order valence-electron chi connectivity index (χ3n) is 2.49. The lowest BCUT2D eigenvalue weighted by Crippen LogP contribution is -1.94. The molecule has 0 aliphatic rings. The van der Waals surface area contributed by atoms with E-state index < -0.39 is 0 Å². The van der Waals surface area contributed by atoms with Crippen LogP contribution < -0.4 is 0 Å². The highest BCUT2D eigenvalue weighted by Gasteiger charge is 2.12. The molecule has 2 heterocycles. The molecular formula is C12H14N4OS. The van der Waals surface area contributed by atoms with Crippen LogP contribution in [0.4, 0.5) is 0 Å². The van der Waals surface area contributed by atoms with Crippen LogP contribution in [-0.2, 0) is 7.05 Å². The number of rotatable bonds is 6. The van der Waals surface area contributed by atoms with Gasteiger partial charge >= 0.3 is 0 Å². The Hall–Kier alpha value is -1.74. The summed E-state index contributed by atoms with van der Waals surface area (Å²) in [5.41, 5.74) is 0. The van der Waals surface area contributed by atoms with Crippen LogP contribution in [0.25, 0.3) is 11.6 Å². The molecule has 0 aliphatic carbocycles. The first-order valence-electron chi connectivity index (χ1n) is 5.76. The Morgan fingerprint density at radius 1 is 1.44 bits per heavy atom. The molecule has 18 heavy (non-hydrogen) atoms. The minimum atomic E-state index is 0.622. The molecule has 6 heteroatoms. The van der Waals surface area contributed by atoms with Gasteiger partial charge in [0.25, 0.3) is 0 Å². The second-order valence-corrected chi connectivity index (χ2v) is 4.87. The number of unbranched alkanes of at least 4 members (excludes halogenated alkanes) is 2. The van der Waals surface area contributed by atoms with Crippen LogP contribution in [0.1, 0.15) is 19.3 Å². The van der Waals surface area contributed by atoms with Gasteiger partial charge in [-0.1, -0.05) is 11.8 Å². The van der Waals surface area contributed by atoms with Crippen molar-refractivity contribution >= 4 is 11.8 Å². The lowest BCUT2D eigenvalue weighted by atomic mass is 10.3. The zero-order valence-corrected chi connectivity index (χ0v) is 11.0. The van der Waals surface area contributed by atoms with Gasteiger partial charge in [0.1, 0.15) is 0 Å². The minimum Gasteiger partial charge on any atom is -0.461 e. The van der Waals surface area contributed by atoms with Crippen LogP contribution >= 0.6 is 11.8 Å². The van der Waals surface area contributed by atoms with Crippen molar-refractivity contribution in [1.29, 1.82) is 5.26 Å². The highest BCUT2D eigenvalue weighted by atomic mass is 32.2. The van der Waals surface area contributed by atoms with Crippen molar-refractivity contribution in [3.8, 4) is 17.7 Å². The Labute approximate surface area is 110 Å². The zero-order chi connectivity index (χ0) is 12.8. The van der Waals surface area contributed by atoms with E-state index in [1.807, 2.05) is 23.7 Å². The maximum absolute atomic E-state index is 8.44. The van der Waals surface area contributed by atoms with Crippen molar-refractivity contribution < 1.29 is 4.42 Å². The van der Waals surface area contributed by atoms with Crippen LogP contribution in [0.5, 0.6) is 0 Å². The molecular weight excluding hydrogens is 248 g/mol. The summed E-state index contributed by atoms with van der Waals surface area (Å²) in [7, 11) is 1.93. The third-order valence-corrected chi connectivity index (χ3v) is 3.60. The van der Waals surface area contributed by atoms with Crippen molar-refractivity contribution in [1.82, 2.24) is 14.8 Å². The Kier molecular flexibility index (Phi) is 4.42. The number of hydrogen-bond donors (Lipinski definition) is 0. The molecule has 0 saturated heterocycles. The summed E-state index contributed by atoms with van der Waals surface area (Å²) in [6.07, 6.45) is 4.20. The molecule has 2 aromatic rings. The lowest BCUT2D eigenvalue weighted by molar-refractivity contribution is 0.572. The van der Waals surface area contributed by atoms with Gasteiger partial charge in [0.05, 0.1) is 12.3 Å². The van der Waals surface area contributed by atoms with Crippen LogP contribution in [0, 0.1) is 11.3 Å². The summed E-state index contributed by atoms with van der Waals surface area (Å²) in [5, 5.41) is 17.6. The number of aromatic nitrogens is 3. The van der Waals surface area contributed by atoms with Crippen molar-refractivity contribution in [2.75, 3.05) is 5.75 Å². The fraction of sp³-hybridized carbons (Fsp3) is 0.417. The van der Waals surface area contributed by atoms with Gasteiger partial charge in [-0.15, -0.1) is 10.2 Å². The quantitative estimate of drug-likeness (QED) is 0.591. The van der Waals surface area contributed by atoms with E-state index >= 15 is 0 Å². The normalized spacial score (nSPS) is 10.4. The number of thioether (sulfide) groups is 1. The summed E-state index contributed by atoms with van der Waals surface area (Å²) >= 11 is 1.65. The zero-order valence-electron chi connectivity index (χ0n) is 10.2. The van der Waals surface area contributed by atoms with Gasteiger partial charge in [0, 0.05) is 19.2 Å². The number of nitriles is 1. The molecule has 0 bridgehead atoms. The monoisotopic (exact) mass is 262 g/mol. The highest BCUT2D eigenvalue weighted by molar-refractivity contribution is 7.99. The Morgan fingerprint density at radius 3 is 3.06 bits per heavy atom. The number of furan rings is 1. The van der Waals surface area contributed by atoms with E-state index in [-0.39, 0.29) is 0 Å². The predicted octanol–water partition coefficient (Wildman–Crippen LogP) is 2.86. The summed E-state index contributed by atoms with van der Waals surface area (Å²) in [4.78, 5) is 0. The molecule has 94 valence electrons. The van der Waals surface area contributed by atoms with Gasteiger partial charge in [-0.05, 0) is 25.0 Å². The van der Waals surface area contributed by atoms with E-state index in [1.54, 1.807) is 18.0 Å². The van der Waals surface area contributed by atoms with Crippen molar-refractivity contribution in [2.45, 2.75) is 24.4 Å². The smallest absolute Gasteiger partial charge is 0.200 e. The second-order valence-electron chi connectivity index (χ2n) is 3.81. The molecule has 0 unspecified atom stereocenters. The van der Waals surface area contributed by atoms with E-state index in [4.69, 9.17) is 9.68 Å². The fourth-order valence-electron chi connectivity index (χ4n) is 1.53. The van der Waals surface area contributed by atoms with E-state index in [1.165, 1.54) is 0 Å². The predicted molar refractivity (Wildman–Crippen MR) is 68.9 cm³/mol. The molecule has 0 aromatic carbocycles. The van der Waals surface area contributed by atoms with Crippen LogP contribution in [0.3, 0.4) is 0 Å². The first-order valence-corrected chi connectivity index (χ1v) is 6.74. The van der Waals surface area contributed by atoms with Gasteiger partial charge in [0.15, 0.2) is 16.7 Å². The maximum Gasteiger partial charge on any atom is 0.200 e. The summed E-state index contributed by atoms with van der Waals surface area (Å²) in [5.74, 6) is 2.41. The molecule has 0 spiro atoms. The molecule has 0 aliphatic heterocycles. The third kappa shape index (κ3) is 2.93. The van der Waals surface area contributed by atoms with Crippen LogP contribution in [0.15, 0.2) is 28.0 Å². The standard InChI is InChI=1S/C12H14N4OS/c1-16-11(10-6-5-8-17-10)14-15-12(16)18-9-4-2-3-7-13/h5-6,8H,2-4,9H2,1H3. The fourth-order valence-corrected chi connectivity index (χ4v) is 2.44. The summed E-state index contributed by atoms with van der Waals surface area (Å²) < 4.78 is 7.23. The maximum atomic E-state index is 8.44. The molecule has 2 rings (SSSR count). The van der Waals surface area contributed by atoms with Gasteiger partial charge in [-0.25, -0.2) is 0 Å². The first-order chi connectivity index (χ1) is 8.83. The molecule has 0 N–H and O–H groups in total. The van der Waals surface area contributed by atoms with Crippen LogP contribution in [0.2, 0.25) is 0 Å². The molecule has 0 fully saturated rings. The molecule has 0 amide bonds. The van der Waals surface area contributed by atoms with Gasteiger partial charge in [-0.2, -0.15) is 5.26 Å². The molecule has 0 saturated carbocycles. The van der Waals surface area contributed by atoms with Gasteiger partial charge < -0.3 is 8.98 Å². The highest BCUT2D eigenvalue weighted by Crippen LogP contribution is 2.23.